The van der Waals surface area contributed by atoms with Crippen LogP contribution in [0.15, 0.2) is 0 Å². The number of rotatable bonds is 10. The normalized spacial score (nSPS) is 11.4. The molecule has 0 atom stereocenters. The highest BCUT2D eigenvalue weighted by Crippen LogP contribution is 2.32. The van der Waals surface area contributed by atoms with Gasteiger partial charge in [-0.3, -0.25) is 0 Å². The fraction of sp³-hybridized carbons (Fsp3) is 1.00. The zero-order chi connectivity index (χ0) is 15.1. The summed E-state index contributed by atoms with van der Waals surface area (Å²) in [7, 11) is -1.59. The van der Waals surface area contributed by atoms with Gasteiger partial charge in [0, 0.05) is 0 Å². The Bertz CT molecular complexity index is 153. The largest absolute Gasteiger partial charge is 0.396 e. The third-order valence-corrected chi connectivity index (χ3v) is 2.96. The van der Waals surface area contributed by atoms with Gasteiger partial charge in [0.25, 0.3) is 0 Å². The number of hydrogen-bond acceptors (Lipinski definition) is 7. The van der Waals surface area contributed by atoms with Crippen LogP contribution in [0.5, 0.6) is 0 Å². The molecule has 19 heavy (non-hydrogen) atoms. The Morgan fingerprint density at radius 1 is 0.789 bits per heavy atom. The highest BCUT2D eigenvalue weighted by molar-refractivity contribution is 7.40. The summed E-state index contributed by atoms with van der Waals surface area (Å²) in [6, 6.07) is 0. The summed E-state index contributed by atoms with van der Waals surface area (Å²) in [6.07, 6.45) is 1.82. The van der Waals surface area contributed by atoms with Crippen LogP contribution >= 0.6 is 8.60 Å². The first-order valence-electron chi connectivity index (χ1n) is 6.24. The van der Waals surface area contributed by atoms with Crippen molar-refractivity contribution in [2.24, 2.45) is 5.41 Å². The second-order valence-corrected chi connectivity index (χ2v) is 5.03. The van der Waals surface area contributed by atoms with Gasteiger partial charge in [0.15, 0.2) is 0 Å². The summed E-state index contributed by atoms with van der Waals surface area (Å²) in [5.74, 6) is 0. The molecule has 0 bridgehead atoms. The number of aliphatic hydroxyl groups is 4. The van der Waals surface area contributed by atoms with Crippen molar-refractivity contribution >= 4 is 8.60 Å². The zero-order valence-electron chi connectivity index (χ0n) is 11.7. The first kappa shape index (κ1) is 21.4. The van der Waals surface area contributed by atoms with E-state index in [1.165, 1.54) is 0 Å². The highest BCUT2D eigenvalue weighted by atomic mass is 31.2. The summed E-state index contributed by atoms with van der Waals surface area (Å²) in [5.41, 5.74) is -1.11. The quantitative estimate of drug-likeness (QED) is 0.360. The standard InChI is InChI=1S/C6H15O3P.C5H12O4/c1-3-5-8-10(7)9-6-4-2;6-1-5(2-7,3-8)4-9/h7H,3-6H2,1-2H3;6-9H,1-4H2. The molecule has 7 nitrogen and oxygen atoms in total. The Morgan fingerprint density at radius 3 is 1.26 bits per heavy atom. The van der Waals surface area contributed by atoms with Gasteiger partial charge in [-0.1, -0.05) is 13.8 Å². The molecule has 0 saturated carbocycles. The summed E-state index contributed by atoms with van der Waals surface area (Å²) in [5, 5.41) is 34.0. The molecular formula is C11H27O7P. The van der Waals surface area contributed by atoms with Crippen LogP contribution in [0.1, 0.15) is 26.7 Å². The topological polar surface area (TPSA) is 120 Å². The Balaban J connectivity index is 0. The van der Waals surface area contributed by atoms with Crippen molar-refractivity contribution in [3.63, 3.8) is 0 Å². The average Bonchev–Trinajstić information content (AvgIpc) is 2.46. The van der Waals surface area contributed by atoms with Gasteiger partial charge in [0.05, 0.1) is 45.1 Å². The molecule has 0 rings (SSSR count). The van der Waals surface area contributed by atoms with E-state index >= 15 is 0 Å². The Kier molecular flexibility index (Phi) is 16.4. The van der Waals surface area contributed by atoms with Gasteiger partial charge < -0.3 is 34.4 Å². The lowest BCUT2D eigenvalue weighted by Crippen LogP contribution is -2.37. The molecule has 5 N–H and O–H groups in total. The lowest BCUT2D eigenvalue weighted by molar-refractivity contribution is -0.0328. The van der Waals surface area contributed by atoms with Gasteiger partial charge in [-0.2, -0.15) is 0 Å². The molecule has 0 heterocycles. The SMILES string of the molecule is CCCOP(O)OCCC.OCC(CO)(CO)CO. The van der Waals surface area contributed by atoms with Crippen molar-refractivity contribution in [1.29, 1.82) is 0 Å². The van der Waals surface area contributed by atoms with Crippen LogP contribution in [0, 0.1) is 5.41 Å². The van der Waals surface area contributed by atoms with Gasteiger partial charge in [-0.05, 0) is 12.8 Å². The second kappa shape index (κ2) is 14.6. The fourth-order valence-corrected chi connectivity index (χ4v) is 1.43. The van der Waals surface area contributed by atoms with Gasteiger partial charge in [0.1, 0.15) is 0 Å². The zero-order valence-corrected chi connectivity index (χ0v) is 12.6. The first-order chi connectivity index (χ1) is 9.05. The van der Waals surface area contributed by atoms with E-state index in [0.29, 0.717) is 13.2 Å². The van der Waals surface area contributed by atoms with Crippen LogP contribution in [-0.2, 0) is 9.05 Å². The van der Waals surface area contributed by atoms with Crippen LogP contribution in [0.25, 0.3) is 0 Å². The predicted molar refractivity (Wildman–Crippen MR) is 72.4 cm³/mol. The van der Waals surface area contributed by atoms with Crippen LogP contribution in [-0.4, -0.2) is 65.0 Å². The van der Waals surface area contributed by atoms with Gasteiger partial charge in [-0.25, -0.2) is 0 Å². The lowest BCUT2D eigenvalue weighted by Gasteiger charge is -2.23. The summed E-state index contributed by atoms with van der Waals surface area (Å²) >= 11 is 0. The van der Waals surface area contributed by atoms with E-state index < -0.39 is 40.4 Å². The predicted octanol–water partition coefficient (Wildman–Crippen LogP) is 0.000800. The minimum absolute atomic E-state index is 0.406. The van der Waals surface area contributed by atoms with Crippen molar-refractivity contribution in [3.05, 3.63) is 0 Å². The molecule has 0 aliphatic rings. The van der Waals surface area contributed by atoms with Gasteiger partial charge >= 0.3 is 8.60 Å². The Morgan fingerprint density at radius 2 is 1.11 bits per heavy atom. The maximum atomic E-state index is 8.93. The lowest BCUT2D eigenvalue weighted by atomic mass is 9.93. The van der Waals surface area contributed by atoms with E-state index in [1.807, 2.05) is 13.8 Å². The fourth-order valence-electron chi connectivity index (χ4n) is 0.676. The van der Waals surface area contributed by atoms with E-state index in [-0.39, 0.29) is 0 Å². The van der Waals surface area contributed by atoms with Gasteiger partial charge in [-0.15, -0.1) is 0 Å². The molecule has 0 fully saturated rings. The van der Waals surface area contributed by atoms with E-state index in [0.717, 1.165) is 12.8 Å². The van der Waals surface area contributed by atoms with E-state index in [4.69, 9.17) is 34.4 Å². The van der Waals surface area contributed by atoms with Crippen molar-refractivity contribution in [1.82, 2.24) is 0 Å². The first-order valence-corrected chi connectivity index (χ1v) is 7.37. The molecule has 0 saturated heterocycles. The monoisotopic (exact) mass is 302 g/mol. The minimum atomic E-state index is -1.59. The molecule has 0 radical (unpaired) electrons. The molecule has 0 aromatic rings. The van der Waals surface area contributed by atoms with Crippen molar-refractivity contribution in [2.75, 3.05) is 39.6 Å². The van der Waals surface area contributed by atoms with E-state index in [9.17, 15) is 0 Å². The third kappa shape index (κ3) is 11.7. The Hall–Kier alpha value is 0.150. The molecule has 0 aliphatic heterocycles. The molecule has 8 heteroatoms. The van der Waals surface area contributed by atoms with Crippen molar-refractivity contribution in [2.45, 2.75) is 26.7 Å². The van der Waals surface area contributed by atoms with Crippen LogP contribution in [0.4, 0.5) is 0 Å². The number of hydrogen-bond donors (Lipinski definition) is 5. The van der Waals surface area contributed by atoms with Crippen molar-refractivity contribution < 1.29 is 34.4 Å². The second-order valence-electron chi connectivity index (χ2n) is 4.04. The summed E-state index contributed by atoms with van der Waals surface area (Å²) < 4.78 is 9.78. The molecular weight excluding hydrogens is 275 g/mol. The van der Waals surface area contributed by atoms with Gasteiger partial charge in [0.2, 0.25) is 0 Å². The molecule has 0 spiro atoms. The van der Waals surface area contributed by atoms with Crippen LogP contribution in [0.3, 0.4) is 0 Å². The average molecular weight is 302 g/mol. The van der Waals surface area contributed by atoms with Crippen LogP contribution < -0.4 is 0 Å². The smallest absolute Gasteiger partial charge is 0.329 e. The maximum Gasteiger partial charge on any atom is 0.329 e. The van der Waals surface area contributed by atoms with E-state index in [2.05, 4.69) is 0 Å². The number of aliphatic hydroxyl groups excluding tert-OH is 4. The molecule has 0 aliphatic carbocycles. The summed E-state index contributed by atoms with van der Waals surface area (Å²) in [4.78, 5) is 8.93. The molecule has 118 valence electrons. The molecule has 0 aromatic heterocycles. The maximum absolute atomic E-state index is 8.93. The molecule has 0 aromatic carbocycles. The molecule has 0 unspecified atom stereocenters. The highest BCUT2D eigenvalue weighted by Gasteiger charge is 2.26. The van der Waals surface area contributed by atoms with E-state index in [1.54, 1.807) is 0 Å². The van der Waals surface area contributed by atoms with Crippen LogP contribution in [0.2, 0.25) is 0 Å². The molecule has 0 amide bonds. The summed E-state index contributed by atoms with van der Waals surface area (Å²) in [6.45, 7) is 3.50. The minimum Gasteiger partial charge on any atom is -0.396 e. The van der Waals surface area contributed by atoms with Crippen molar-refractivity contribution in [3.8, 4) is 0 Å². The third-order valence-electron chi connectivity index (χ3n) is 2.15. The Labute approximate surface area is 115 Å².